The lowest BCUT2D eigenvalue weighted by Gasteiger charge is -2.01. The van der Waals surface area contributed by atoms with Crippen LogP contribution in [0.15, 0.2) is 52.4 Å². The molecule has 0 amide bonds. The molecular weight excluding hydrogens is 204 g/mol. The van der Waals surface area contributed by atoms with Gasteiger partial charge in [-0.05, 0) is 29.7 Å². The van der Waals surface area contributed by atoms with Crippen molar-refractivity contribution in [3.63, 3.8) is 0 Å². The molecule has 0 aliphatic carbocycles. The Bertz CT molecular complexity index is 489. The summed E-state index contributed by atoms with van der Waals surface area (Å²) in [6, 6.07) is 7.10. The summed E-state index contributed by atoms with van der Waals surface area (Å²) in [6.45, 7) is 2.05. The third-order valence-corrected chi connectivity index (χ3v) is 2.19. The van der Waals surface area contributed by atoms with Crippen LogP contribution in [0.4, 0.5) is 0 Å². The molecule has 2 aromatic rings. The van der Waals surface area contributed by atoms with Gasteiger partial charge in [-0.1, -0.05) is 11.6 Å². The lowest BCUT2D eigenvalue weighted by Crippen LogP contribution is -2.33. The summed E-state index contributed by atoms with van der Waals surface area (Å²) < 4.78 is 6.47. The summed E-state index contributed by atoms with van der Waals surface area (Å²) >= 11 is 0. The van der Waals surface area contributed by atoms with E-state index >= 15 is 0 Å². The summed E-state index contributed by atoms with van der Waals surface area (Å²) in [5.74, 6) is -0.141. The number of aromatic nitrogens is 1. The smallest absolute Gasteiger partial charge is 0.205 e. The number of hydrogen-bond donors (Lipinski definition) is 0. The Morgan fingerprint density at radius 3 is 3.00 bits per heavy atom. The van der Waals surface area contributed by atoms with Gasteiger partial charge in [-0.2, -0.15) is 0 Å². The molecule has 0 aliphatic rings. The molecular formula is C12H12N2O2. The Balaban J connectivity index is 2.28. The van der Waals surface area contributed by atoms with Gasteiger partial charge in [0.25, 0.3) is 0 Å². The van der Waals surface area contributed by atoms with Crippen LogP contribution in [0, 0.1) is 0 Å². The third-order valence-electron chi connectivity index (χ3n) is 2.19. The Morgan fingerprint density at radius 1 is 1.44 bits per heavy atom. The molecule has 82 valence electrons. The van der Waals surface area contributed by atoms with E-state index in [0.717, 1.165) is 12.0 Å². The zero-order chi connectivity index (χ0) is 11.4. The lowest BCUT2D eigenvalue weighted by molar-refractivity contribution is -0.681. The van der Waals surface area contributed by atoms with E-state index in [-0.39, 0.29) is 11.7 Å². The predicted molar refractivity (Wildman–Crippen MR) is 56.7 cm³/mol. The van der Waals surface area contributed by atoms with Gasteiger partial charge in [0.1, 0.15) is 11.7 Å². The Hall–Kier alpha value is -2.10. The maximum atomic E-state index is 11.6. The van der Waals surface area contributed by atoms with Crippen molar-refractivity contribution in [3.05, 3.63) is 54.2 Å². The van der Waals surface area contributed by atoms with Crippen LogP contribution in [0.3, 0.4) is 0 Å². The molecule has 0 spiro atoms. The van der Waals surface area contributed by atoms with E-state index in [0.29, 0.717) is 0 Å². The van der Waals surface area contributed by atoms with Gasteiger partial charge in [0.2, 0.25) is 12.4 Å². The predicted octanol–water partition coefficient (Wildman–Crippen LogP) is 0.700. The fourth-order valence-electron chi connectivity index (χ4n) is 1.34. The molecule has 2 rings (SSSR count). The average Bonchev–Trinajstić information content (AvgIpc) is 2.83. The monoisotopic (exact) mass is 216 g/mol. The van der Waals surface area contributed by atoms with E-state index in [4.69, 9.17) is 4.42 Å². The minimum absolute atomic E-state index is 0.245. The van der Waals surface area contributed by atoms with Crippen molar-refractivity contribution in [2.24, 2.45) is 5.10 Å². The first-order valence-corrected chi connectivity index (χ1v) is 5.09. The maximum absolute atomic E-state index is 11.6. The highest BCUT2D eigenvalue weighted by Crippen LogP contribution is 1.98. The highest BCUT2D eigenvalue weighted by atomic mass is 16.4. The van der Waals surface area contributed by atoms with Gasteiger partial charge in [0.15, 0.2) is 0 Å². The van der Waals surface area contributed by atoms with Crippen molar-refractivity contribution in [1.29, 1.82) is 0 Å². The average molecular weight is 216 g/mol. The molecule has 0 atom stereocenters. The first kappa shape index (κ1) is 10.4. The molecule has 4 heteroatoms. The van der Waals surface area contributed by atoms with E-state index in [1.54, 1.807) is 18.3 Å². The summed E-state index contributed by atoms with van der Waals surface area (Å²) in [5.41, 5.74) is 1.12. The second-order valence-electron chi connectivity index (χ2n) is 3.33. The van der Waals surface area contributed by atoms with Gasteiger partial charge in [-0.3, -0.25) is 0 Å². The topological polar surface area (TPSA) is 52.4 Å². The molecule has 0 saturated carbocycles. The molecule has 0 aliphatic heterocycles. The maximum Gasteiger partial charge on any atom is 0.205 e. The molecule has 0 saturated heterocycles. The summed E-state index contributed by atoms with van der Waals surface area (Å²) in [7, 11) is 0. The molecule has 0 N–H and O–H groups in total. The van der Waals surface area contributed by atoms with Crippen LogP contribution in [0.5, 0.6) is 0 Å². The molecule has 2 heterocycles. The van der Waals surface area contributed by atoms with Crippen molar-refractivity contribution >= 4 is 5.90 Å². The highest BCUT2D eigenvalue weighted by Gasteiger charge is 2.02. The number of rotatable bonds is 3. The van der Waals surface area contributed by atoms with Crippen LogP contribution >= 0.6 is 0 Å². The molecule has 2 aromatic heterocycles. The number of hydrogen-bond acceptors (Lipinski definition) is 3. The summed E-state index contributed by atoms with van der Waals surface area (Å²) in [6.07, 6.45) is 5.90. The van der Waals surface area contributed by atoms with Gasteiger partial charge < -0.3 is 9.52 Å². The van der Waals surface area contributed by atoms with Gasteiger partial charge in [0.05, 0.1) is 6.26 Å². The van der Waals surface area contributed by atoms with Crippen molar-refractivity contribution in [3.8, 4) is 0 Å². The summed E-state index contributed by atoms with van der Waals surface area (Å²) in [4.78, 5) is 0. The fraction of sp³-hybridized carbons (Fsp3) is 0.167. The van der Waals surface area contributed by atoms with Crippen LogP contribution in [-0.2, 0) is 6.42 Å². The minimum atomic E-state index is -0.386. The highest BCUT2D eigenvalue weighted by molar-refractivity contribution is 5.86. The lowest BCUT2D eigenvalue weighted by atomic mass is 10.2. The number of nitrogens with zero attached hydrogens (tertiary/aromatic N) is 2. The van der Waals surface area contributed by atoms with Gasteiger partial charge >= 0.3 is 0 Å². The van der Waals surface area contributed by atoms with Crippen molar-refractivity contribution < 1.29 is 14.2 Å². The first-order chi connectivity index (χ1) is 7.79. The van der Waals surface area contributed by atoms with E-state index in [1.807, 2.05) is 25.3 Å². The van der Waals surface area contributed by atoms with E-state index in [2.05, 4.69) is 5.10 Å². The second-order valence-corrected chi connectivity index (χ2v) is 3.33. The van der Waals surface area contributed by atoms with Crippen molar-refractivity contribution in [1.82, 2.24) is 0 Å². The molecule has 4 nitrogen and oxygen atoms in total. The van der Waals surface area contributed by atoms with E-state index in [1.165, 1.54) is 10.9 Å². The Morgan fingerprint density at radius 2 is 2.31 bits per heavy atom. The van der Waals surface area contributed by atoms with Crippen LogP contribution in [-0.4, -0.2) is 5.90 Å². The van der Waals surface area contributed by atoms with E-state index in [9.17, 15) is 5.11 Å². The quantitative estimate of drug-likeness (QED) is 0.431. The molecule has 0 aromatic carbocycles. The second kappa shape index (κ2) is 4.61. The van der Waals surface area contributed by atoms with Crippen LogP contribution < -0.4 is 9.78 Å². The van der Waals surface area contributed by atoms with Crippen molar-refractivity contribution in [2.75, 3.05) is 0 Å². The molecule has 0 fully saturated rings. The zero-order valence-electron chi connectivity index (χ0n) is 8.96. The zero-order valence-corrected chi connectivity index (χ0v) is 8.96. The molecule has 16 heavy (non-hydrogen) atoms. The normalized spacial score (nSPS) is 11.7. The van der Waals surface area contributed by atoms with Crippen LogP contribution in [0.25, 0.3) is 0 Å². The molecule has 0 unspecified atom stereocenters. The number of furan rings is 1. The standard InChI is InChI=1S/C12H12N2O2/c1-2-10-5-3-7-14(9-10)13-12(15)11-6-4-8-16-11/h3-9H,2H2,1H3. The van der Waals surface area contributed by atoms with Crippen LogP contribution in [0.2, 0.25) is 0 Å². The fourth-order valence-corrected chi connectivity index (χ4v) is 1.34. The molecule has 0 radical (unpaired) electrons. The van der Waals surface area contributed by atoms with Gasteiger partial charge in [0, 0.05) is 11.6 Å². The number of pyridine rings is 1. The van der Waals surface area contributed by atoms with Gasteiger partial charge in [-0.15, -0.1) is 0 Å². The third kappa shape index (κ3) is 2.28. The SMILES string of the molecule is CCc1ccc[n+](/N=C(\[O-])c2ccco2)c1. The van der Waals surface area contributed by atoms with Crippen LogP contribution in [0.1, 0.15) is 18.2 Å². The molecule has 0 bridgehead atoms. The van der Waals surface area contributed by atoms with E-state index < -0.39 is 0 Å². The Labute approximate surface area is 93.5 Å². The first-order valence-electron chi connectivity index (χ1n) is 5.09. The summed E-state index contributed by atoms with van der Waals surface area (Å²) in [5, 5.41) is 15.5. The van der Waals surface area contributed by atoms with Crippen molar-refractivity contribution in [2.45, 2.75) is 13.3 Å². The Kier molecular flexibility index (Phi) is 3.00. The minimum Gasteiger partial charge on any atom is -0.852 e. The van der Waals surface area contributed by atoms with Gasteiger partial charge in [-0.25, -0.2) is 0 Å². The number of aryl methyl sites for hydroxylation is 1. The largest absolute Gasteiger partial charge is 0.852 e.